The zero-order valence-electron chi connectivity index (χ0n) is 13.0. The Kier molecular flexibility index (Phi) is 6.87. The van der Waals surface area contributed by atoms with E-state index in [-0.39, 0.29) is 6.54 Å². The van der Waals surface area contributed by atoms with Crippen molar-refractivity contribution in [2.24, 2.45) is 0 Å². The third-order valence-corrected chi connectivity index (χ3v) is 4.02. The SMILES string of the molecule is O=C(CNC(=O)NCc1ccc(Br)cc1Cl)Nc1ccc(F)c(F)c1F. The molecule has 0 aliphatic carbocycles. The van der Waals surface area contributed by atoms with Crippen molar-refractivity contribution < 1.29 is 22.8 Å². The van der Waals surface area contributed by atoms with Gasteiger partial charge in [0.15, 0.2) is 17.5 Å². The van der Waals surface area contributed by atoms with Gasteiger partial charge in [0.05, 0.1) is 12.2 Å². The number of hydrogen-bond acceptors (Lipinski definition) is 2. The van der Waals surface area contributed by atoms with Gasteiger partial charge in [0.25, 0.3) is 0 Å². The molecule has 10 heteroatoms. The Labute approximate surface area is 160 Å². The molecule has 0 saturated heterocycles. The van der Waals surface area contributed by atoms with E-state index in [9.17, 15) is 22.8 Å². The summed E-state index contributed by atoms with van der Waals surface area (Å²) in [7, 11) is 0. The minimum Gasteiger partial charge on any atom is -0.334 e. The van der Waals surface area contributed by atoms with Crippen LogP contribution in [0.15, 0.2) is 34.8 Å². The van der Waals surface area contributed by atoms with Crippen LogP contribution in [0.5, 0.6) is 0 Å². The highest BCUT2D eigenvalue weighted by Gasteiger charge is 2.15. The average molecular weight is 451 g/mol. The van der Waals surface area contributed by atoms with Crippen molar-refractivity contribution in [1.82, 2.24) is 10.6 Å². The number of carbonyl (C=O) groups is 2. The molecule has 3 N–H and O–H groups in total. The standard InChI is InChI=1S/C16H12BrClF3N3O2/c17-9-2-1-8(10(18)5-9)6-22-16(26)23-7-13(25)24-12-4-3-11(19)14(20)15(12)21/h1-5H,6-7H2,(H,24,25)(H2,22,23,26). The van der Waals surface area contributed by atoms with Crippen LogP contribution < -0.4 is 16.0 Å². The highest BCUT2D eigenvalue weighted by molar-refractivity contribution is 9.10. The van der Waals surface area contributed by atoms with Crippen molar-refractivity contribution in [2.45, 2.75) is 6.54 Å². The third-order valence-electron chi connectivity index (χ3n) is 3.17. The molecule has 138 valence electrons. The molecule has 0 aliphatic rings. The minimum atomic E-state index is -1.69. The van der Waals surface area contributed by atoms with Gasteiger partial charge in [0.2, 0.25) is 5.91 Å². The van der Waals surface area contributed by atoms with Gasteiger partial charge in [0, 0.05) is 16.0 Å². The first-order valence-corrected chi connectivity index (χ1v) is 8.34. The Balaban J connectivity index is 1.82. The number of amides is 3. The Morgan fingerprint density at radius 2 is 1.77 bits per heavy atom. The predicted molar refractivity (Wildman–Crippen MR) is 94.3 cm³/mol. The maximum Gasteiger partial charge on any atom is 0.315 e. The van der Waals surface area contributed by atoms with Crippen LogP contribution in [0.1, 0.15) is 5.56 Å². The Morgan fingerprint density at radius 3 is 2.46 bits per heavy atom. The van der Waals surface area contributed by atoms with E-state index in [1.54, 1.807) is 18.2 Å². The number of hydrogen-bond donors (Lipinski definition) is 3. The van der Waals surface area contributed by atoms with E-state index in [0.29, 0.717) is 16.7 Å². The molecule has 2 aromatic carbocycles. The Hall–Kier alpha value is -2.26. The van der Waals surface area contributed by atoms with Gasteiger partial charge in [-0.25, -0.2) is 18.0 Å². The number of benzene rings is 2. The molecule has 26 heavy (non-hydrogen) atoms. The van der Waals surface area contributed by atoms with Crippen LogP contribution in [-0.4, -0.2) is 18.5 Å². The number of anilines is 1. The van der Waals surface area contributed by atoms with E-state index in [1.165, 1.54) is 0 Å². The first kappa shape index (κ1) is 20.1. The molecule has 0 saturated carbocycles. The molecule has 5 nitrogen and oxygen atoms in total. The summed E-state index contributed by atoms with van der Waals surface area (Å²) in [6.07, 6.45) is 0. The molecule has 0 spiro atoms. The number of nitrogens with one attached hydrogen (secondary N) is 3. The van der Waals surface area contributed by atoms with Crippen LogP contribution in [0.25, 0.3) is 0 Å². The van der Waals surface area contributed by atoms with Crippen molar-refractivity contribution in [3.8, 4) is 0 Å². The summed E-state index contributed by atoms with van der Waals surface area (Å²) in [5.41, 5.74) is 0.135. The van der Waals surface area contributed by atoms with Crippen molar-refractivity contribution in [3.63, 3.8) is 0 Å². The highest BCUT2D eigenvalue weighted by Crippen LogP contribution is 2.21. The molecule has 0 unspecified atom stereocenters. The minimum absolute atomic E-state index is 0.122. The summed E-state index contributed by atoms with van der Waals surface area (Å²) in [6.45, 7) is -0.379. The number of urea groups is 1. The second-order valence-electron chi connectivity index (χ2n) is 5.04. The fourth-order valence-corrected chi connectivity index (χ4v) is 2.62. The van der Waals surface area contributed by atoms with Crippen molar-refractivity contribution >= 4 is 45.2 Å². The van der Waals surface area contributed by atoms with E-state index >= 15 is 0 Å². The van der Waals surface area contributed by atoms with E-state index in [4.69, 9.17) is 11.6 Å². The zero-order valence-corrected chi connectivity index (χ0v) is 15.3. The van der Waals surface area contributed by atoms with Crippen LogP contribution in [0.4, 0.5) is 23.7 Å². The Bertz CT molecular complexity index is 852. The van der Waals surface area contributed by atoms with Crippen molar-refractivity contribution in [2.75, 3.05) is 11.9 Å². The van der Waals surface area contributed by atoms with E-state index in [0.717, 1.165) is 10.5 Å². The quantitative estimate of drug-likeness (QED) is 0.604. The van der Waals surface area contributed by atoms with Crippen molar-refractivity contribution in [3.05, 3.63) is 62.8 Å². The lowest BCUT2D eigenvalue weighted by Gasteiger charge is -2.10. The molecule has 0 aliphatic heterocycles. The van der Waals surface area contributed by atoms with E-state index < -0.39 is 41.6 Å². The average Bonchev–Trinajstić information content (AvgIpc) is 2.59. The number of carbonyl (C=O) groups excluding carboxylic acids is 2. The van der Waals surface area contributed by atoms with Gasteiger partial charge in [-0.15, -0.1) is 0 Å². The summed E-state index contributed by atoms with van der Waals surface area (Å²) in [5, 5.41) is 7.22. The maximum absolute atomic E-state index is 13.5. The Morgan fingerprint density at radius 1 is 1.04 bits per heavy atom. The molecule has 0 heterocycles. The van der Waals surface area contributed by atoms with Gasteiger partial charge < -0.3 is 16.0 Å². The van der Waals surface area contributed by atoms with Gasteiger partial charge in [-0.1, -0.05) is 33.6 Å². The lowest BCUT2D eigenvalue weighted by atomic mass is 10.2. The monoisotopic (exact) mass is 449 g/mol. The largest absolute Gasteiger partial charge is 0.334 e. The van der Waals surface area contributed by atoms with Gasteiger partial charge >= 0.3 is 6.03 Å². The van der Waals surface area contributed by atoms with Gasteiger partial charge in [-0.2, -0.15) is 0 Å². The highest BCUT2D eigenvalue weighted by atomic mass is 79.9. The van der Waals surface area contributed by atoms with Crippen LogP contribution >= 0.6 is 27.5 Å². The molecular weight excluding hydrogens is 439 g/mol. The molecule has 0 radical (unpaired) electrons. The lowest BCUT2D eigenvalue weighted by molar-refractivity contribution is -0.115. The molecule has 0 aromatic heterocycles. The maximum atomic E-state index is 13.5. The molecule has 2 rings (SSSR count). The molecule has 2 aromatic rings. The van der Waals surface area contributed by atoms with Crippen LogP contribution in [-0.2, 0) is 11.3 Å². The fraction of sp³-hybridized carbons (Fsp3) is 0.125. The lowest BCUT2D eigenvalue weighted by Crippen LogP contribution is -2.39. The second-order valence-corrected chi connectivity index (χ2v) is 6.37. The fourth-order valence-electron chi connectivity index (χ4n) is 1.88. The summed E-state index contributed by atoms with van der Waals surface area (Å²) in [4.78, 5) is 23.3. The van der Waals surface area contributed by atoms with Gasteiger partial charge in [0.1, 0.15) is 0 Å². The van der Waals surface area contributed by atoms with E-state index in [2.05, 4.69) is 26.6 Å². The zero-order chi connectivity index (χ0) is 19.3. The molecule has 0 fully saturated rings. The van der Waals surface area contributed by atoms with Gasteiger partial charge in [-0.3, -0.25) is 4.79 Å². The topological polar surface area (TPSA) is 70.2 Å². The molecule has 0 bridgehead atoms. The molecular formula is C16H12BrClF3N3O2. The summed E-state index contributed by atoms with van der Waals surface area (Å²) >= 11 is 9.27. The first-order valence-electron chi connectivity index (χ1n) is 7.17. The summed E-state index contributed by atoms with van der Waals surface area (Å²) < 4.78 is 40.1. The van der Waals surface area contributed by atoms with Gasteiger partial charge in [-0.05, 0) is 29.8 Å². The van der Waals surface area contributed by atoms with Crippen molar-refractivity contribution in [1.29, 1.82) is 0 Å². The van der Waals surface area contributed by atoms with Crippen LogP contribution in [0, 0.1) is 17.5 Å². The number of rotatable bonds is 5. The van der Waals surface area contributed by atoms with Crippen LogP contribution in [0.2, 0.25) is 5.02 Å². The van der Waals surface area contributed by atoms with E-state index in [1.807, 2.05) is 5.32 Å². The first-order chi connectivity index (χ1) is 12.3. The smallest absolute Gasteiger partial charge is 0.315 e. The predicted octanol–water partition coefficient (Wildman–Crippen LogP) is 3.96. The normalized spacial score (nSPS) is 10.3. The molecule has 3 amide bonds. The number of halogens is 5. The summed E-state index contributed by atoms with van der Waals surface area (Å²) in [5.74, 6) is -5.40. The third kappa shape index (κ3) is 5.37. The van der Waals surface area contributed by atoms with Crippen LogP contribution in [0.3, 0.4) is 0 Å². The second kappa shape index (κ2) is 8.91. The summed E-state index contributed by atoms with van der Waals surface area (Å²) in [6, 6.07) is 6.03. The molecule has 0 atom stereocenters.